The number of nitrogens with one attached hydrogen (secondary N) is 2. The topological polar surface area (TPSA) is 97.4 Å². The van der Waals surface area contributed by atoms with Crippen molar-refractivity contribution in [2.75, 3.05) is 9.44 Å². The highest BCUT2D eigenvalue weighted by Crippen LogP contribution is 2.54. The summed E-state index contributed by atoms with van der Waals surface area (Å²) in [7, 11) is 0. The molecule has 0 saturated carbocycles. The number of aromatic nitrogens is 2. The molecule has 6 aromatic rings. The molecule has 0 fully saturated rings. The van der Waals surface area contributed by atoms with E-state index in [9.17, 15) is 10.5 Å². The minimum absolute atomic E-state index is 0.769. The van der Waals surface area contributed by atoms with Crippen molar-refractivity contribution < 1.29 is 0 Å². The van der Waals surface area contributed by atoms with Gasteiger partial charge in [0.05, 0.1) is 58.5 Å². The Kier molecular flexibility index (Phi) is 10.8. The summed E-state index contributed by atoms with van der Waals surface area (Å²) in [5.41, 5.74) is 11.8. The van der Waals surface area contributed by atoms with Crippen molar-refractivity contribution in [3.8, 4) is 53.9 Å². The van der Waals surface area contributed by atoms with Crippen LogP contribution in [0, 0.1) is 22.7 Å². The van der Waals surface area contributed by atoms with Gasteiger partial charge in [-0.25, -0.2) is 0 Å². The summed E-state index contributed by atoms with van der Waals surface area (Å²) in [4.78, 5) is 4.44. The number of aryl methyl sites for hydroxylation is 2. The van der Waals surface area contributed by atoms with Crippen LogP contribution in [0.3, 0.4) is 0 Å². The first-order valence-electron chi connectivity index (χ1n) is 17.4. The molecule has 252 valence electrons. The molecule has 0 atom stereocenters. The van der Waals surface area contributed by atoms with Gasteiger partial charge in [-0.1, -0.05) is 76.6 Å². The monoisotopic (exact) mass is 730 g/mol. The number of nitrogens with zero attached hydrogens (tertiary/aromatic N) is 4. The van der Waals surface area contributed by atoms with E-state index < -0.39 is 0 Å². The summed E-state index contributed by atoms with van der Waals surface area (Å²) < 4.78 is 16.7. The number of thiophene rings is 2. The van der Waals surface area contributed by atoms with E-state index in [0.29, 0.717) is 0 Å². The maximum absolute atomic E-state index is 9.95. The van der Waals surface area contributed by atoms with Crippen molar-refractivity contribution in [2.45, 2.75) is 78.1 Å². The van der Waals surface area contributed by atoms with Crippen LogP contribution in [0.4, 0.5) is 11.4 Å². The molecule has 6 nitrogen and oxygen atoms in total. The summed E-state index contributed by atoms with van der Waals surface area (Å²) in [6.07, 6.45) is 11.4. The number of nitriles is 2. The molecule has 10 heteroatoms. The standard InChI is InChI=1S/C40H38N6S4/c1-3-5-7-9-11-25-13-15-27(21-29(25)23-41)31-17-19-33(47-31)35-37-39(45-49-43-37)36(40-38(35)44-50-46-40)34-20-18-32(48-34)28-16-14-26(30(22-28)24-42)12-10-8-6-4-2/h13-22,43,45H,3-12H2,1-2H3. The van der Waals surface area contributed by atoms with Crippen molar-refractivity contribution in [3.05, 3.63) is 82.9 Å². The average molecular weight is 731 g/mol. The van der Waals surface area contributed by atoms with E-state index in [1.54, 1.807) is 22.7 Å². The molecular weight excluding hydrogens is 693 g/mol. The zero-order valence-electron chi connectivity index (χ0n) is 28.3. The maximum Gasteiger partial charge on any atom is 0.116 e. The molecule has 3 aromatic heterocycles. The fraction of sp³-hybridized carbons (Fsp3) is 0.300. The lowest BCUT2D eigenvalue weighted by Gasteiger charge is -2.11. The number of anilines is 2. The fourth-order valence-electron chi connectivity index (χ4n) is 6.66. The minimum atomic E-state index is 0.769. The third-order valence-corrected chi connectivity index (χ3v) is 12.8. The Morgan fingerprint density at radius 2 is 1.04 bits per heavy atom. The van der Waals surface area contributed by atoms with E-state index in [-0.39, 0.29) is 0 Å². The minimum Gasteiger partial charge on any atom is -0.309 e. The molecular formula is C40H38N6S4. The highest BCUT2D eigenvalue weighted by Gasteiger charge is 2.29. The first-order chi connectivity index (χ1) is 24.6. The van der Waals surface area contributed by atoms with Gasteiger partial charge < -0.3 is 9.44 Å². The van der Waals surface area contributed by atoms with E-state index in [2.05, 4.69) is 84.0 Å². The van der Waals surface area contributed by atoms with Crippen LogP contribution in [0.5, 0.6) is 0 Å². The number of hydrogen-bond donors (Lipinski definition) is 2. The van der Waals surface area contributed by atoms with Crippen molar-refractivity contribution in [1.29, 1.82) is 10.5 Å². The summed E-state index contributed by atoms with van der Waals surface area (Å²) in [6, 6.07) is 26.2. The van der Waals surface area contributed by atoms with Crippen molar-refractivity contribution in [3.63, 3.8) is 0 Å². The van der Waals surface area contributed by atoms with E-state index >= 15 is 0 Å². The van der Waals surface area contributed by atoms with Crippen LogP contribution in [0.25, 0.3) is 52.8 Å². The normalized spacial score (nSPS) is 12.0. The van der Waals surface area contributed by atoms with E-state index in [4.69, 9.17) is 8.75 Å². The molecule has 50 heavy (non-hydrogen) atoms. The highest BCUT2D eigenvalue weighted by molar-refractivity contribution is 8.02. The van der Waals surface area contributed by atoms with Crippen LogP contribution in [-0.4, -0.2) is 8.75 Å². The Bertz CT molecular complexity index is 2080. The third kappa shape index (κ3) is 6.91. The summed E-state index contributed by atoms with van der Waals surface area (Å²) in [5.74, 6) is 0. The van der Waals surface area contributed by atoms with Crippen molar-refractivity contribution in [2.24, 2.45) is 0 Å². The van der Waals surface area contributed by atoms with Crippen molar-refractivity contribution in [1.82, 2.24) is 8.75 Å². The van der Waals surface area contributed by atoms with Crippen LogP contribution in [0.2, 0.25) is 0 Å². The zero-order valence-corrected chi connectivity index (χ0v) is 31.5. The maximum atomic E-state index is 9.95. The molecule has 0 spiro atoms. The number of unbranched alkanes of at least 4 members (excludes halogenated alkanes) is 6. The lowest BCUT2D eigenvalue weighted by molar-refractivity contribution is 0.666. The second kappa shape index (κ2) is 15.8. The number of fused-ring (bicyclic) bond motifs is 2. The summed E-state index contributed by atoms with van der Waals surface area (Å²) in [6.45, 7) is 4.44. The molecule has 0 unspecified atom stereocenters. The van der Waals surface area contributed by atoms with Gasteiger partial charge in [0.1, 0.15) is 11.0 Å². The van der Waals surface area contributed by atoms with Crippen LogP contribution in [0.1, 0.15) is 87.5 Å². The van der Waals surface area contributed by atoms with Crippen molar-refractivity contribution >= 4 is 68.9 Å². The predicted molar refractivity (Wildman–Crippen MR) is 215 cm³/mol. The van der Waals surface area contributed by atoms with E-state index in [1.165, 1.54) is 62.4 Å². The summed E-state index contributed by atoms with van der Waals surface area (Å²) in [5, 5.41) is 19.9. The van der Waals surface area contributed by atoms with Gasteiger partial charge in [0.25, 0.3) is 0 Å². The largest absolute Gasteiger partial charge is 0.309 e. The molecule has 0 aliphatic carbocycles. The molecule has 7 rings (SSSR count). The van der Waals surface area contributed by atoms with Gasteiger partial charge in [0, 0.05) is 30.6 Å². The lowest BCUT2D eigenvalue weighted by Crippen LogP contribution is -1.92. The van der Waals surface area contributed by atoms with Gasteiger partial charge in [0.2, 0.25) is 0 Å². The molecule has 1 aliphatic heterocycles. The Morgan fingerprint density at radius 1 is 0.580 bits per heavy atom. The molecule has 4 heterocycles. The molecule has 3 aromatic carbocycles. The van der Waals surface area contributed by atoms with E-state index in [0.717, 1.165) is 112 Å². The second-order valence-electron chi connectivity index (χ2n) is 12.7. The quantitative estimate of drug-likeness (QED) is 0.0850. The Balaban J connectivity index is 1.20. The van der Waals surface area contributed by atoms with Gasteiger partial charge in [-0.3, -0.25) is 0 Å². The lowest BCUT2D eigenvalue weighted by atomic mass is 9.98. The zero-order chi connectivity index (χ0) is 34.5. The molecule has 0 saturated heterocycles. The number of benzene rings is 3. The highest BCUT2D eigenvalue weighted by atomic mass is 32.2. The first kappa shape index (κ1) is 34.3. The number of hydrogen-bond acceptors (Lipinski definition) is 10. The number of rotatable bonds is 14. The predicted octanol–water partition coefficient (Wildman–Crippen LogP) is 12.9. The molecule has 0 amide bonds. The van der Waals surface area contributed by atoms with Crippen LogP contribution in [-0.2, 0) is 12.8 Å². The molecule has 0 radical (unpaired) electrons. The van der Waals surface area contributed by atoms with Crippen LogP contribution < -0.4 is 9.44 Å². The van der Waals surface area contributed by atoms with Crippen LogP contribution in [0.15, 0.2) is 60.7 Å². The molecule has 2 N–H and O–H groups in total. The van der Waals surface area contributed by atoms with Gasteiger partial charge in [-0.05, 0) is 84.3 Å². The average Bonchev–Trinajstić information content (AvgIpc) is 3.99. The third-order valence-electron chi connectivity index (χ3n) is 9.35. The van der Waals surface area contributed by atoms with Gasteiger partial charge in [-0.15, -0.1) is 22.7 Å². The van der Waals surface area contributed by atoms with Gasteiger partial charge in [0.15, 0.2) is 0 Å². The first-order valence-corrected chi connectivity index (χ1v) is 20.6. The summed E-state index contributed by atoms with van der Waals surface area (Å²) >= 11 is 6.12. The molecule has 1 aliphatic rings. The SMILES string of the molecule is CCCCCCc1ccc(-c2ccc(-c3c4c(c(-c5ccc(-c6ccc(CCCCCC)c(C#N)c6)s5)c5nsnc35)NSN4)s2)cc1C#N. The van der Waals surface area contributed by atoms with Crippen LogP contribution >= 0.6 is 46.5 Å². The van der Waals surface area contributed by atoms with Gasteiger partial charge in [-0.2, -0.15) is 19.3 Å². The Morgan fingerprint density at radius 3 is 1.48 bits per heavy atom. The van der Waals surface area contributed by atoms with E-state index in [1.807, 2.05) is 12.1 Å². The smallest absolute Gasteiger partial charge is 0.116 e. The van der Waals surface area contributed by atoms with Gasteiger partial charge >= 0.3 is 0 Å². The Hall–Kier alpha value is -4.19. The fourth-order valence-corrected chi connectivity index (χ4v) is 9.99. The molecule has 0 bridgehead atoms. The second-order valence-corrected chi connectivity index (χ2v) is 16.0. The Labute approximate surface area is 310 Å².